The standard InChI is InChI=1S/C22H19FN2O2S2/c1-14-15(2)29-20-19(14)21(26)25(16-8-4-3-5-9-16)22(24-20)28-13-12-27-18-11-7-6-10-17(18)23/h3-11H,12-13H2,1-2H3. The number of hydrogen-bond acceptors (Lipinski definition) is 5. The van der Waals surface area contributed by atoms with Gasteiger partial charge < -0.3 is 4.74 Å². The minimum Gasteiger partial charge on any atom is -0.490 e. The zero-order valence-electron chi connectivity index (χ0n) is 16.0. The maximum absolute atomic E-state index is 13.7. The average molecular weight is 427 g/mol. The van der Waals surface area contributed by atoms with Gasteiger partial charge in [0.25, 0.3) is 5.56 Å². The molecule has 2 aromatic carbocycles. The first-order chi connectivity index (χ1) is 14.1. The maximum atomic E-state index is 13.7. The number of rotatable bonds is 6. The van der Waals surface area contributed by atoms with Crippen molar-refractivity contribution in [2.45, 2.75) is 19.0 Å². The van der Waals surface area contributed by atoms with Crippen molar-refractivity contribution in [1.29, 1.82) is 0 Å². The summed E-state index contributed by atoms with van der Waals surface area (Å²) in [4.78, 5) is 19.9. The Kier molecular flexibility index (Phi) is 5.69. The summed E-state index contributed by atoms with van der Waals surface area (Å²) in [6.45, 7) is 4.27. The molecule has 0 fully saturated rings. The Morgan fingerprint density at radius 3 is 2.59 bits per heavy atom. The number of aromatic nitrogens is 2. The van der Waals surface area contributed by atoms with Crippen molar-refractivity contribution < 1.29 is 9.13 Å². The topological polar surface area (TPSA) is 44.1 Å². The molecule has 0 aliphatic rings. The molecule has 2 heterocycles. The van der Waals surface area contributed by atoms with E-state index in [0.29, 0.717) is 22.9 Å². The molecule has 7 heteroatoms. The van der Waals surface area contributed by atoms with Crippen LogP contribution in [0.5, 0.6) is 5.75 Å². The fraction of sp³-hybridized carbons (Fsp3) is 0.182. The van der Waals surface area contributed by atoms with Crippen molar-refractivity contribution in [2.75, 3.05) is 12.4 Å². The summed E-state index contributed by atoms with van der Waals surface area (Å²) < 4.78 is 20.9. The first kappa shape index (κ1) is 19.7. The van der Waals surface area contributed by atoms with Crippen LogP contribution in [0.2, 0.25) is 0 Å². The van der Waals surface area contributed by atoms with Crippen molar-refractivity contribution in [3.8, 4) is 11.4 Å². The molecule has 0 bridgehead atoms. The molecule has 0 unspecified atom stereocenters. The molecule has 2 aromatic heterocycles. The van der Waals surface area contributed by atoms with Crippen LogP contribution in [0.3, 0.4) is 0 Å². The van der Waals surface area contributed by atoms with Crippen LogP contribution >= 0.6 is 23.1 Å². The lowest BCUT2D eigenvalue weighted by Gasteiger charge is -2.12. The van der Waals surface area contributed by atoms with Crippen molar-refractivity contribution in [3.63, 3.8) is 0 Å². The Morgan fingerprint density at radius 2 is 1.83 bits per heavy atom. The second-order valence-electron chi connectivity index (χ2n) is 6.46. The number of para-hydroxylation sites is 2. The van der Waals surface area contributed by atoms with Gasteiger partial charge in [-0.25, -0.2) is 9.37 Å². The van der Waals surface area contributed by atoms with Crippen LogP contribution in [0.15, 0.2) is 64.5 Å². The van der Waals surface area contributed by atoms with Gasteiger partial charge in [0.05, 0.1) is 17.7 Å². The van der Waals surface area contributed by atoms with E-state index in [1.165, 1.54) is 29.2 Å². The van der Waals surface area contributed by atoms with E-state index in [1.807, 2.05) is 44.2 Å². The maximum Gasteiger partial charge on any atom is 0.267 e. The molecule has 0 atom stereocenters. The summed E-state index contributed by atoms with van der Waals surface area (Å²) in [7, 11) is 0. The number of thiophene rings is 1. The smallest absolute Gasteiger partial charge is 0.267 e. The predicted octanol–water partition coefficient (Wildman–Crippen LogP) is 5.37. The normalized spacial score (nSPS) is 11.1. The molecular weight excluding hydrogens is 407 g/mol. The Labute approximate surface area is 176 Å². The molecule has 0 N–H and O–H groups in total. The van der Waals surface area contributed by atoms with Gasteiger partial charge in [-0.1, -0.05) is 42.1 Å². The zero-order valence-corrected chi connectivity index (χ0v) is 17.6. The number of benzene rings is 2. The van der Waals surface area contributed by atoms with Crippen LogP contribution in [0.4, 0.5) is 4.39 Å². The van der Waals surface area contributed by atoms with E-state index in [2.05, 4.69) is 0 Å². The van der Waals surface area contributed by atoms with Crippen LogP contribution in [-0.4, -0.2) is 21.9 Å². The highest BCUT2D eigenvalue weighted by atomic mass is 32.2. The van der Waals surface area contributed by atoms with E-state index in [-0.39, 0.29) is 17.1 Å². The lowest BCUT2D eigenvalue weighted by atomic mass is 10.2. The number of thioether (sulfide) groups is 1. The van der Waals surface area contributed by atoms with Gasteiger partial charge in [0.15, 0.2) is 16.7 Å². The van der Waals surface area contributed by atoms with E-state index < -0.39 is 0 Å². The predicted molar refractivity (Wildman–Crippen MR) is 117 cm³/mol. The summed E-state index contributed by atoms with van der Waals surface area (Å²) in [5, 5.41) is 1.27. The molecule has 0 amide bonds. The van der Waals surface area contributed by atoms with Gasteiger partial charge >= 0.3 is 0 Å². The number of ether oxygens (including phenoxy) is 1. The monoisotopic (exact) mass is 426 g/mol. The molecule has 0 saturated carbocycles. The molecule has 4 nitrogen and oxygen atoms in total. The lowest BCUT2D eigenvalue weighted by Crippen LogP contribution is -2.22. The molecule has 4 aromatic rings. The third-order valence-electron chi connectivity index (χ3n) is 4.60. The molecule has 0 aliphatic heterocycles. The van der Waals surface area contributed by atoms with E-state index in [9.17, 15) is 9.18 Å². The van der Waals surface area contributed by atoms with Crippen LogP contribution in [0.25, 0.3) is 15.9 Å². The summed E-state index contributed by atoms with van der Waals surface area (Å²) in [5.74, 6) is 0.367. The quantitative estimate of drug-likeness (QED) is 0.236. The summed E-state index contributed by atoms with van der Waals surface area (Å²) >= 11 is 2.95. The first-order valence-corrected chi connectivity index (χ1v) is 10.9. The fourth-order valence-electron chi connectivity index (χ4n) is 3.02. The van der Waals surface area contributed by atoms with E-state index in [4.69, 9.17) is 9.72 Å². The number of hydrogen-bond donors (Lipinski definition) is 0. The molecule has 0 saturated heterocycles. The van der Waals surface area contributed by atoms with Crippen LogP contribution < -0.4 is 10.3 Å². The third kappa shape index (κ3) is 3.93. The average Bonchev–Trinajstić information content (AvgIpc) is 3.01. The summed E-state index contributed by atoms with van der Waals surface area (Å²) in [6, 6.07) is 15.8. The summed E-state index contributed by atoms with van der Waals surface area (Å²) in [5.41, 5.74) is 1.68. The molecule has 0 radical (unpaired) electrons. The number of halogens is 1. The zero-order chi connectivity index (χ0) is 20.4. The Bertz CT molecular complexity index is 1220. The van der Waals surface area contributed by atoms with E-state index >= 15 is 0 Å². The van der Waals surface area contributed by atoms with Crippen molar-refractivity contribution >= 4 is 33.3 Å². The first-order valence-electron chi connectivity index (χ1n) is 9.14. The minimum atomic E-state index is -0.386. The second kappa shape index (κ2) is 8.39. The van der Waals surface area contributed by atoms with Crippen LogP contribution in [-0.2, 0) is 0 Å². The highest BCUT2D eigenvalue weighted by molar-refractivity contribution is 7.99. The number of aryl methyl sites for hydroxylation is 2. The molecule has 148 valence electrons. The van der Waals surface area contributed by atoms with E-state index in [1.54, 1.807) is 22.8 Å². The molecule has 0 aliphatic carbocycles. The Morgan fingerprint density at radius 1 is 1.10 bits per heavy atom. The number of nitrogens with zero attached hydrogens (tertiary/aromatic N) is 2. The van der Waals surface area contributed by atoms with Gasteiger partial charge in [-0.3, -0.25) is 9.36 Å². The largest absolute Gasteiger partial charge is 0.490 e. The second-order valence-corrected chi connectivity index (χ2v) is 8.73. The minimum absolute atomic E-state index is 0.0689. The highest BCUT2D eigenvalue weighted by Crippen LogP contribution is 2.29. The SMILES string of the molecule is Cc1sc2nc(SCCOc3ccccc3F)n(-c3ccccc3)c(=O)c2c1C. The Balaban J connectivity index is 1.66. The molecular formula is C22H19FN2O2S2. The number of fused-ring (bicyclic) bond motifs is 1. The van der Waals surface area contributed by atoms with Crippen molar-refractivity contribution in [3.05, 3.63) is 81.2 Å². The van der Waals surface area contributed by atoms with Gasteiger partial charge in [-0.15, -0.1) is 11.3 Å². The van der Waals surface area contributed by atoms with Crippen LogP contribution in [0, 0.1) is 19.7 Å². The van der Waals surface area contributed by atoms with Gasteiger partial charge in [-0.2, -0.15) is 0 Å². The van der Waals surface area contributed by atoms with Gasteiger partial charge in [0, 0.05) is 10.6 Å². The molecule has 4 rings (SSSR count). The van der Waals surface area contributed by atoms with Gasteiger partial charge in [-0.05, 0) is 43.7 Å². The highest BCUT2D eigenvalue weighted by Gasteiger charge is 2.18. The summed E-state index contributed by atoms with van der Waals surface area (Å²) in [6.07, 6.45) is 0. The Hall–Kier alpha value is -2.64. The fourth-order valence-corrected chi connectivity index (χ4v) is 4.92. The van der Waals surface area contributed by atoms with Crippen LogP contribution in [0.1, 0.15) is 10.4 Å². The van der Waals surface area contributed by atoms with Gasteiger partial charge in [0.1, 0.15) is 4.83 Å². The van der Waals surface area contributed by atoms with Crippen molar-refractivity contribution in [1.82, 2.24) is 9.55 Å². The molecule has 29 heavy (non-hydrogen) atoms. The lowest BCUT2D eigenvalue weighted by molar-refractivity contribution is 0.325. The molecule has 0 spiro atoms. The van der Waals surface area contributed by atoms with Crippen molar-refractivity contribution in [2.24, 2.45) is 0 Å². The van der Waals surface area contributed by atoms with E-state index in [0.717, 1.165) is 21.0 Å². The third-order valence-corrected chi connectivity index (χ3v) is 6.60. The van der Waals surface area contributed by atoms with Gasteiger partial charge in [0.2, 0.25) is 0 Å².